The van der Waals surface area contributed by atoms with Crippen LogP contribution in [0.1, 0.15) is 5.56 Å². The van der Waals surface area contributed by atoms with Crippen LogP contribution >= 0.6 is 11.6 Å². The molecular weight excluding hydrogens is 226 g/mol. The summed E-state index contributed by atoms with van der Waals surface area (Å²) < 4.78 is 1.62. The molecule has 1 heterocycles. The summed E-state index contributed by atoms with van der Waals surface area (Å²) in [6.45, 7) is 0.557. The number of anilines is 2. The van der Waals surface area contributed by atoms with Crippen molar-refractivity contribution >= 4 is 23.5 Å². The Kier molecular flexibility index (Phi) is 2.96. The Balaban J connectivity index is 2.23. The van der Waals surface area contributed by atoms with E-state index in [1.54, 1.807) is 11.7 Å². The smallest absolute Gasteiger partial charge is 0.243 e. The molecule has 0 amide bonds. The average molecular weight is 238 g/mol. The normalized spacial score (nSPS) is 10.4. The average Bonchev–Trinajstić information content (AvgIpc) is 2.60. The second-order valence-corrected chi connectivity index (χ2v) is 3.77. The molecule has 84 valence electrons. The molecule has 2 rings (SSSR count). The van der Waals surface area contributed by atoms with Gasteiger partial charge in [0.2, 0.25) is 11.9 Å². The van der Waals surface area contributed by atoms with Gasteiger partial charge >= 0.3 is 0 Å². The fraction of sp³-hybridized carbons (Fsp3) is 0.200. The quantitative estimate of drug-likeness (QED) is 0.851. The molecule has 0 fully saturated rings. The first-order valence-corrected chi connectivity index (χ1v) is 5.19. The van der Waals surface area contributed by atoms with Gasteiger partial charge in [-0.3, -0.25) is 0 Å². The molecule has 5 nitrogen and oxygen atoms in total. The second kappa shape index (κ2) is 4.40. The number of aromatic nitrogens is 3. The summed E-state index contributed by atoms with van der Waals surface area (Å²) in [4.78, 5) is 4.03. The zero-order valence-electron chi connectivity index (χ0n) is 8.81. The number of benzene rings is 1. The van der Waals surface area contributed by atoms with Crippen molar-refractivity contribution in [3.05, 3.63) is 34.9 Å². The number of nitrogens with two attached hydrogens (primary N) is 1. The molecule has 0 aliphatic rings. The fourth-order valence-electron chi connectivity index (χ4n) is 1.38. The Morgan fingerprint density at radius 3 is 2.94 bits per heavy atom. The van der Waals surface area contributed by atoms with Crippen molar-refractivity contribution in [1.29, 1.82) is 0 Å². The molecule has 0 aliphatic carbocycles. The van der Waals surface area contributed by atoms with Gasteiger partial charge in [0, 0.05) is 12.1 Å². The lowest BCUT2D eigenvalue weighted by Crippen LogP contribution is -2.06. The summed E-state index contributed by atoms with van der Waals surface area (Å²) in [5.74, 6) is 0.892. The molecule has 6 heteroatoms. The van der Waals surface area contributed by atoms with Crippen LogP contribution in [0.3, 0.4) is 0 Å². The van der Waals surface area contributed by atoms with E-state index < -0.39 is 0 Å². The van der Waals surface area contributed by atoms with Gasteiger partial charge < -0.3 is 11.1 Å². The van der Waals surface area contributed by atoms with Crippen molar-refractivity contribution in [3.8, 4) is 0 Å². The molecule has 0 saturated heterocycles. The van der Waals surface area contributed by atoms with Gasteiger partial charge in [0.15, 0.2) is 0 Å². The third kappa shape index (κ3) is 2.25. The van der Waals surface area contributed by atoms with Gasteiger partial charge in [0.1, 0.15) is 0 Å². The zero-order valence-corrected chi connectivity index (χ0v) is 9.57. The summed E-state index contributed by atoms with van der Waals surface area (Å²) in [5.41, 5.74) is 6.75. The van der Waals surface area contributed by atoms with Crippen LogP contribution in [-0.4, -0.2) is 21.8 Å². The van der Waals surface area contributed by atoms with Crippen LogP contribution in [-0.2, 0) is 6.54 Å². The third-order valence-corrected chi connectivity index (χ3v) is 2.38. The Labute approximate surface area is 98.2 Å². The highest BCUT2D eigenvalue weighted by Crippen LogP contribution is 2.13. The number of nitrogens with zero attached hydrogens (tertiary/aromatic N) is 3. The van der Waals surface area contributed by atoms with Crippen molar-refractivity contribution in [2.24, 2.45) is 0 Å². The number of hydrogen-bond acceptors (Lipinski definition) is 4. The van der Waals surface area contributed by atoms with E-state index in [9.17, 15) is 0 Å². The maximum absolute atomic E-state index is 5.89. The van der Waals surface area contributed by atoms with E-state index in [-0.39, 0.29) is 0 Å². The van der Waals surface area contributed by atoms with Crippen LogP contribution in [0, 0.1) is 0 Å². The van der Waals surface area contributed by atoms with Crippen LogP contribution in [0.4, 0.5) is 11.9 Å². The monoisotopic (exact) mass is 237 g/mol. The van der Waals surface area contributed by atoms with E-state index >= 15 is 0 Å². The summed E-state index contributed by atoms with van der Waals surface area (Å²) in [6.07, 6.45) is 0. The van der Waals surface area contributed by atoms with Gasteiger partial charge in [-0.15, -0.1) is 5.10 Å². The first kappa shape index (κ1) is 10.8. The van der Waals surface area contributed by atoms with Crippen LogP contribution < -0.4 is 11.1 Å². The highest BCUT2D eigenvalue weighted by molar-refractivity contribution is 6.30. The summed E-state index contributed by atoms with van der Waals surface area (Å²) in [7, 11) is 1.75. The molecule has 0 unspecified atom stereocenters. The molecule has 1 aromatic carbocycles. The van der Waals surface area contributed by atoms with Crippen LogP contribution in [0.25, 0.3) is 0 Å². The number of nitrogens with one attached hydrogen (secondary N) is 1. The fourth-order valence-corrected chi connectivity index (χ4v) is 1.60. The van der Waals surface area contributed by atoms with E-state index in [4.69, 9.17) is 17.3 Å². The first-order valence-electron chi connectivity index (χ1n) is 4.81. The van der Waals surface area contributed by atoms with Crippen molar-refractivity contribution in [3.63, 3.8) is 0 Å². The Morgan fingerprint density at radius 2 is 2.31 bits per heavy atom. The van der Waals surface area contributed by atoms with Gasteiger partial charge in [-0.25, -0.2) is 4.68 Å². The molecule has 1 aromatic heterocycles. The van der Waals surface area contributed by atoms with E-state index in [2.05, 4.69) is 15.4 Å². The van der Waals surface area contributed by atoms with Gasteiger partial charge in [-0.1, -0.05) is 23.7 Å². The molecular formula is C10H12ClN5. The first-order chi connectivity index (χ1) is 7.69. The number of rotatable bonds is 3. The highest BCUT2D eigenvalue weighted by atomic mass is 35.5. The Morgan fingerprint density at radius 1 is 1.50 bits per heavy atom. The molecule has 0 spiro atoms. The van der Waals surface area contributed by atoms with E-state index in [0.717, 1.165) is 5.56 Å². The Bertz CT molecular complexity index is 494. The largest absolute Gasteiger partial charge is 0.368 e. The van der Waals surface area contributed by atoms with E-state index in [0.29, 0.717) is 23.5 Å². The van der Waals surface area contributed by atoms with Crippen molar-refractivity contribution in [2.45, 2.75) is 6.54 Å². The molecule has 2 aromatic rings. The maximum Gasteiger partial charge on any atom is 0.243 e. The van der Waals surface area contributed by atoms with Crippen molar-refractivity contribution in [2.75, 3.05) is 18.1 Å². The minimum atomic E-state index is 0.379. The molecule has 0 radical (unpaired) electrons. The number of nitrogen functional groups attached to an aromatic ring is 1. The lowest BCUT2D eigenvalue weighted by molar-refractivity contribution is 0.698. The molecule has 3 N–H and O–H groups in total. The van der Waals surface area contributed by atoms with E-state index in [1.165, 1.54) is 0 Å². The Hall–Kier alpha value is -1.75. The van der Waals surface area contributed by atoms with Gasteiger partial charge in [-0.05, 0) is 17.7 Å². The van der Waals surface area contributed by atoms with E-state index in [1.807, 2.05) is 24.3 Å². The van der Waals surface area contributed by atoms with Gasteiger partial charge in [0.25, 0.3) is 0 Å². The molecule has 0 saturated carbocycles. The minimum Gasteiger partial charge on any atom is -0.368 e. The van der Waals surface area contributed by atoms with Crippen LogP contribution in [0.15, 0.2) is 24.3 Å². The summed E-state index contributed by atoms with van der Waals surface area (Å²) >= 11 is 5.89. The number of hydrogen-bond donors (Lipinski definition) is 2. The van der Waals surface area contributed by atoms with Crippen molar-refractivity contribution < 1.29 is 0 Å². The minimum absolute atomic E-state index is 0.379. The standard InChI is InChI=1S/C10H12ClN5/c1-13-10-14-9(12)16(15-10)6-7-3-2-4-8(11)5-7/h2-5H,6H2,1H3,(H3,12,13,14,15). The SMILES string of the molecule is CNc1nc(N)n(Cc2cccc(Cl)c2)n1. The maximum atomic E-state index is 5.89. The van der Waals surface area contributed by atoms with Crippen LogP contribution in [0.5, 0.6) is 0 Å². The molecule has 16 heavy (non-hydrogen) atoms. The zero-order chi connectivity index (χ0) is 11.5. The molecule has 0 bridgehead atoms. The van der Waals surface area contributed by atoms with Gasteiger partial charge in [-0.2, -0.15) is 4.98 Å². The predicted molar refractivity (Wildman–Crippen MR) is 64.5 cm³/mol. The summed E-state index contributed by atoms with van der Waals surface area (Å²) in [5, 5.41) is 7.71. The third-order valence-electron chi connectivity index (χ3n) is 2.15. The lowest BCUT2D eigenvalue weighted by atomic mass is 10.2. The lowest BCUT2D eigenvalue weighted by Gasteiger charge is -2.02. The van der Waals surface area contributed by atoms with Crippen LogP contribution in [0.2, 0.25) is 5.02 Å². The topological polar surface area (TPSA) is 68.8 Å². The summed E-state index contributed by atoms with van der Waals surface area (Å²) in [6, 6.07) is 7.56. The molecule has 0 aliphatic heterocycles. The predicted octanol–water partition coefficient (Wildman–Crippen LogP) is 1.60. The van der Waals surface area contributed by atoms with Crippen molar-refractivity contribution in [1.82, 2.24) is 14.8 Å². The second-order valence-electron chi connectivity index (χ2n) is 3.33. The van der Waals surface area contributed by atoms with Gasteiger partial charge in [0.05, 0.1) is 6.54 Å². The molecule has 0 atom stereocenters. The number of halogens is 1. The highest BCUT2D eigenvalue weighted by Gasteiger charge is 2.05.